The number of carbonyl (C=O) groups excluding carboxylic acids is 3. The highest BCUT2D eigenvalue weighted by Gasteiger charge is 2.20. The molecule has 2 aromatic heterocycles. The molecule has 0 radical (unpaired) electrons. The molecule has 0 atom stereocenters. The van der Waals surface area contributed by atoms with Gasteiger partial charge in [0.25, 0.3) is 0 Å². The summed E-state index contributed by atoms with van der Waals surface area (Å²) < 4.78 is 1.61. The van der Waals surface area contributed by atoms with Crippen LogP contribution in [-0.2, 0) is 20.9 Å². The Morgan fingerprint density at radius 2 is 2.11 bits per heavy atom. The van der Waals surface area contributed by atoms with Gasteiger partial charge in [-0.15, -0.1) is 21.5 Å². The molecule has 0 saturated carbocycles. The first-order valence-electron chi connectivity index (χ1n) is 8.77. The number of aromatic nitrogens is 3. The maximum absolute atomic E-state index is 12.5. The van der Waals surface area contributed by atoms with Gasteiger partial charge in [0.05, 0.1) is 17.2 Å². The monoisotopic (exact) mass is 424 g/mol. The molecule has 0 aliphatic rings. The average molecular weight is 425 g/mol. The van der Waals surface area contributed by atoms with Crippen LogP contribution >= 0.6 is 23.1 Å². The molecule has 0 saturated heterocycles. The lowest BCUT2D eigenvalue weighted by Crippen LogP contribution is -2.43. The first kappa shape index (κ1) is 21.9. The highest BCUT2D eigenvalue weighted by molar-refractivity contribution is 7.99. The Morgan fingerprint density at radius 1 is 1.36 bits per heavy atom. The second-order valence-corrected chi connectivity index (χ2v) is 8.14. The molecule has 9 nitrogen and oxygen atoms in total. The summed E-state index contributed by atoms with van der Waals surface area (Å²) in [5.74, 6) is -0.312. The van der Waals surface area contributed by atoms with Crippen LogP contribution in [0, 0.1) is 0 Å². The van der Waals surface area contributed by atoms with Crippen LogP contribution in [0.3, 0.4) is 0 Å². The van der Waals surface area contributed by atoms with Crippen molar-refractivity contribution in [2.24, 2.45) is 5.73 Å². The summed E-state index contributed by atoms with van der Waals surface area (Å²) in [5.41, 5.74) is 5.35. The molecule has 0 aromatic carbocycles. The summed E-state index contributed by atoms with van der Waals surface area (Å²) in [7, 11) is 0. The largest absolute Gasteiger partial charge is 0.368 e. The van der Waals surface area contributed by atoms with E-state index in [0.717, 1.165) is 16.6 Å². The number of nitrogens with two attached hydrogens (primary N) is 1. The van der Waals surface area contributed by atoms with Crippen molar-refractivity contribution in [1.29, 1.82) is 0 Å². The Labute approximate surface area is 171 Å². The van der Waals surface area contributed by atoms with E-state index < -0.39 is 5.91 Å². The minimum atomic E-state index is -0.522. The fourth-order valence-corrected chi connectivity index (χ4v) is 3.97. The average Bonchev–Trinajstić information content (AvgIpc) is 3.26. The van der Waals surface area contributed by atoms with Crippen LogP contribution in [0.5, 0.6) is 0 Å². The van der Waals surface area contributed by atoms with Gasteiger partial charge in [-0.3, -0.25) is 19.0 Å². The van der Waals surface area contributed by atoms with E-state index in [2.05, 4.69) is 15.5 Å². The first-order chi connectivity index (χ1) is 13.3. The summed E-state index contributed by atoms with van der Waals surface area (Å²) in [6.07, 6.45) is 0. The zero-order chi connectivity index (χ0) is 20.7. The predicted octanol–water partition coefficient (Wildman–Crippen LogP) is 0.957. The molecule has 0 spiro atoms. The van der Waals surface area contributed by atoms with Gasteiger partial charge in [-0.05, 0) is 32.2 Å². The number of likely N-dealkylation sites (N-methyl/N-ethyl adjacent to an activating group) is 1. The Balaban J connectivity index is 2.07. The molecule has 3 N–H and O–H groups in total. The number of nitrogens with zero attached hydrogens (tertiary/aromatic N) is 4. The van der Waals surface area contributed by atoms with Crippen molar-refractivity contribution in [2.75, 3.05) is 18.8 Å². The van der Waals surface area contributed by atoms with Crippen LogP contribution < -0.4 is 11.1 Å². The zero-order valence-corrected chi connectivity index (χ0v) is 17.7. The highest BCUT2D eigenvalue weighted by Crippen LogP contribution is 2.27. The van der Waals surface area contributed by atoms with E-state index in [0.29, 0.717) is 17.5 Å². The lowest BCUT2D eigenvalue weighted by molar-refractivity contribution is -0.134. The van der Waals surface area contributed by atoms with Gasteiger partial charge < -0.3 is 16.0 Å². The summed E-state index contributed by atoms with van der Waals surface area (Å²) in [4.78, 5) is 38.2. The van der Waals surface area contributed by atoms with Crippen molar-refractivity contribution in [2.45, 2.75) is 38.5 Å². The van der Waals surface area contributed by atoms with Crippen molar-refractivity contribution in [3.05, 3.63) is 17.5 Å². The highest BCUT2D eigenvalue weighted by atomic mass is 32.2. The Kier molecular flexibility index (Phi) is 8.00. The minimum absolute atomic E-state index is 0.00248. The van der Waals surface area contributed by atoms with Gasteiger partial charge in [0.1, 0.15) is 6.54 Å². The number of thioether (sulfide) groups is 1. The molecule has 0 aliphatic carbocycles. The van der Waals surface area contributed by atoms with E-state index in [-0.39, 0.29) is 36.7 Å². The number of rotatable bonds is 10. The molecule has 152 valence electrons. The third kappa shape index (κ3) is 6.06. The molecule has 3 amide bonds. The van der Waals surface area contributed by atoms with Gasteiger partial charge in [0, 0.05) is 12.6 Å². The standard InChI is InChI=1S/C17H24N6O3S2/c1-4-22(9-14(25)19-11(2)3)15(26)10-28-17-21-20-16(12-6-5-7-27-12)23(17)8-13(18)24/h5-7,11H,4,8-10H2,1-3H3,(H2,18,24)(H,19,25). The molecule has 0 unspecified atom stereocenters. The number of amides is 3. The first-order valence-corrected chi connectivity index (χ1v) is 10.6. The van der Waals surface area contributed by atoms with E-state index in [1.165, 1.54) is 16.2 Å². The van der Waals surface area contributed by atoms with Gasteiger partial charge >= 0.3 is 0 Å². The number of hydrogen-bond donors (Lipinski definition) is 2. The van der Waals surface area contributed by atoms with Crippen LogP contribution in [0.1, 0.15) is 20.8 Å². The fraction of sp³-hybridized carbons (Fsp3) is 0.471. The smallest absolute Gasteiger partial charge is 0.239 e. The molecular weight excluding hydrogens is 400 g/mol. The van der Waals surface area contributed by atoms with Crippen LogP contribution in [-0.4, -0.2) is 62.3 Å². The molecule has 11 heteroatoms. The molecule has 0 aliphatic heterocycles. The number of hydrogen-bond acceptors (Lipinski definition) is 7. The third-order valence-electron chi connectivity index (χ3n) is 3.62. The van der Waals surface area contributed by atoms with Gasteiger partial charge in [-0.2, -0.15) is 0 Å². The van der Waals surface area contributed by atoms with Crippen LogP contribution in [0.2, 0.25) is 0 Å². The summed E-state index contributed by atoms with van der Waals surface area (Å²) in [6.45, 7) is 5.88. The second-order valence-electron chi connectivity index (χ2n) is 6.25. The predicted molar refractivity (Wildman–Crippen MR) is 109 cm³/mol. The Hall–Kier alpha value is -2.40. The molecule has 0 fully saturated rings. The number of thiophene rings is 1. The van der Waals surface area contributed by atoms with E-state index in [4.69, 9.17) is 5.73 Å². The Morgan fingerprint density at radius 3 is 2.68 bits per heavy atom. The molecule has 2 aromatic rings. The van der Waals surface area contributed by atoms with Crippen molar-refractivity contribution in [3.63, 3.8) is 0 Å². The number of nitrogens with one attached hydrogen (secondary N) is 1. The summed E-state index contributed by atoms with van der Waals surface area (Å²) >= 11 is 2.63. The van der Waals surface area contributed by atoms with Gasteiger partial charge in [-0.25, -0.2) is 0 Å². The molecule has 28 heavy (non-hydrogen) atoms. The van der Waals surface area contributed by atoms with Gasteiger partial charge in [0.15, 0.2) is 11.0 Å². The van der Waals surface area contributed by atoms with Crippen molar-refractivity contribution in [3.8, 4) is 10.7 Å². The maximum Gasteiger partial charge on any atom is 0.239 e. The normalized spacial score (nSPS) is 10.9. The van der Waals surface area contributed by atoms with E-state index in [9.17, 15) is 14.4 Å². The molecule has 2 rings (SSSR count). The lowest BCUT2D eigenvalue weighted by atomic mass is 10.3. The topological polar surface area (TPSA) is 123 Å². The van der Waals surface area contributed by atoms with Gasteiger partial charge in [0.2, 0.25) is 17.7 Å². The minimum Gasteiger partial charge on any atom is -0.368 e. The molecule has 2 heterocycles. The van der Waals surface area contributed by atoms with E-state index in [1.807, 2.05) is 38.3 Å². The van der Waals surface area contributed by atoms with Crippen molar-refractivity contribution < 1.29 is 14.4 Å². The Bertz CT molecular complexity index is 819. The van der Waals surface area contributed by atoms with Crippen LogP contribution in [0.15, 0.2) is 22.7 Å². The number of primary amides is 1. The molecular formula is C17H24N6O3S2. The SMILES string of the molecule is CCN(CC(=O)NC(C)C)C(=O)CSc1nnc(-c2cccs2)n1CC(N)=O. The molecule has 0 bridgehead atoms. The van der Waals surface area contributed by atoms with E-state index >= 15 is 0 Å². The third-order valence-corrected chi connectivity index (χ3v) is 5.43. The number of carbonyl (C=O) groups is 3. The zero-order valence-electron chi connectivity index (χ0n) is 16.0. The quantitative estimate of drug-likeness (QED) is 0.548. The van der Waals surface area contributed by atoms with Crippen LogP contribution in [0.4, 0.5) is 0 Å². The maximum atomic E-state index is 12.5. The summed E-state index contributed by atoms with van der Waals surface area (Å²) in [6, 6.07) is 3.76. The van der Waals surface area contributed by atoms with E-state index in [1.54, 1.807) is 4.57 Å². The lowest BCUT2D eigenvalue weighted by Gasteiger charge is -2.21. The van der Waals surface area contributed by atoms with Gasteiger partial charge in [-0.1, -0.05) is 17.8 Å². The summed E-state index contributed by atoms with van der Waals surface area (Å²) in [5, 5.41) is 13.3. The van der Waals surface area contributed by atoms with Crippen molar-refractivity contribution >= 4 is 40.8 Å². The second kappa shape index (κ2) is 10.2. The fourth-order valence-electron chi connectivity index (χ4n) is 2.42. The van der Waals surface area contributed by atoms with Crippen molar-refractivity contribution in [1.82, 2.24) is 25.0 Å². The van der Waals surface area contributed by atoms with Crippen LogP contribution in [0.25, 0.3) is 10.7 Å².